The van der Waals surface area contributed by atoms with Crippen LogP contribution in [0.15, 0.2) is 0 Å². The van der Waals surface area contributed by atoms with Crippen LogP contribution in [0.25, 0.3) is 0 Å². The van der Waals surface area contributed by atoms with Crippen LogP contribution in [-0.2, 0) is 4.74 Å². The van der Waals surface area contributed by atoms with Crippen LogP contribution in [0.2, 0.25) is 0 Å². The topological polar surface area (TPSA) is 21.3 Å². The van der Waals surface area contributed by atoms with Crippen molar-refractivity contribution in [3.63, 3.8) is 0 Å². The van der Waals surface area contributed by atoms with Crippen LogP contribution in [-0.4, -0.2) is 26.3 Å². The summed E-state index contributed by atoms with van der Waals surface area (Å²) >= 11 is 0. The van der Waals surface area contributed by atoms with Gasteiger partial charge in [0.25, 0.3) is 0 Å². The quantitative estimate of drug-likeness (QED) is 0.592. The van der Waals surface area contributed by atoms with Gasteiger partial charge in [-0.25, -0.2) is 0 Å². The van der Waals surface area contributed by atoms with E-state index in [0.29, 0.717) is 0 Å². The van der Waals surface area contributed by atoms with E-state index in [0.717, 1.165) is 43.4 Å². The molecule has 0 aromatic rings. The fraction of sp³-hybridized carbons (Fsp3) is 1.00. The van der Waals surface area contributed by atoms with E-state index in [9.17, 15) is 0 Å². The Bertz CT molecular complexity index is 197. The molecule has 1 N–H and O–H groups in total. The van der Waals surface area contributed by atoms with Crippen molar-refractivity contribution >= 4 is 0 Å². The average molecular weight is 239 g/mol. The summed E-state index contributed by atoms with van der Waals surface area (Å²) in [5.74, 6) is 3.89. The first-order chi connectivity index (χ1) is 8.27. The Morgan fingerprint density at radius 1 is 1.06 bits per heavy atom. The summed E-state index contributed by atoms with van der Waals surface area (Å²) in [4.78, 5) is 0. The second-order valence-electron chi connectivity index (χ2n) is 6.34. The highest BCUT2D eigenvalue weighted by Gasteiger charge is 2.40. The summed E-state index contributed by atoms with van der Waals surface area (Å²) in [6.07, 6.45) is 7.16. The zero-order valence-corrected chi connectivity index (χ0v) is 11.6. The predicted octanol–water partition coefficient (Wildman–Crippen LogP) is 3.07. The van der Waals surface area contributed by atoms with Crippen LogP contribution in [0.5, 0.6) is 0 Å². The molecule has 0 radical (unpaired) electrons. The van der Waals surface area contributed by atoms with Crippen LogP contribution < -0.4 is 5.32 Å². The zero-order valence-electron chi connectivity index (χ0n) is 11.6. The molecule has 100 valence electrons. The second-order valence-corrected chi connectivity index (χ2v) is 6.34. The maximum absolute atomic E-state index is 5.62. The standard InChI is InChI=1S/C15H29NO/c1-12(2)7-9-17-10-8-16-11-15(13-3-4-13)14-5-6-14/h12-16H,3-11H2,1-2H3. The summed E-state index contributed by atoms with van der Waals surface area (Å²) in [6.45, 7) is 8.58. The van der Waals surface area contributed by atoms with Gasteiger partial charge in [-0.1, -0.05) is 13.8 Å². The molecule has 17 heavy (non-hydrogen) atoms. The monoisotopic (exact) mass is 239 g/mol. The van der Waals surface area contributed by atoms with Crippen molar-refractivity contribution in [2.75, 3.05) is 26.3 Å². The van der Waals surface area contributed by atoms with Crippen LogP contribution in [0, 0.1) is 23.7 Å². The highest BCUT2D eigenvalue weighted by atomic mass is 16.5. The van der Waals surface area contributed by atoms with Crippen LogP contribution in [0.4, 0.5) is 0 Å². The average Bonchev–Trinajstić information content (AvgIpc) is 3.15. The molecule has 2 aliphatic rings. The molecule has 0 atom stereocenters. The molecule has 0 spiro atoms. The lowest BCUT2D eigenvalue weighted by atomic mass is 9.98. The molecule has 0 amide bonds. The van der Waals surface area contributed by atoms with E-state index < -0.39 is 0 Å². The van der Waals surface area contributed by atoms with E-state index in [1.165, 1.54) is 38.6 Å². The Morgan fingerprint density at radius 3 is 2.24 bits per heavy atom. The Labute approximate surface area is 107 Å². The molecule has 0 heterocycles. The van der Waals surface area contributed by atoms with Crippen LogP contribution >= 0.6 is 0 Å². The molecule has 2 aliphatic carbocycles. The summed E-state index contributed by atoms with van der Waals surface area (Å²) in [5.41, 5.74) is 0. The first kappa shape index (κ1) is 13.4. The summed E-state index contributed by atoms with van der Waals surface area (Å²) in [5, 5.41) is 3.59. The third-order valence-electron chi connectivity index (χ3n) is 4.10. The van der Waals surface area contributed by atoms with Crippen molar-refractivity contribution in [2.24, 2.45) is 23.7 Å². The lowest BCUT2D eigenvalue weighted by Gasteiger charge is -2.16. The van der Waals surface area contributed by atoms with Crippen molar-refractivity contribution in [1.29, 1.82) is 0 Å². The third kappa shape index (κ3) is 5.39. The fourth-order valence-corrected chi connectivity index (χ4v) is 2.60. The first-order valence-electron chi connectivity index (χ1n) is 7.56. The van der Waals surface area contributed by atoms with Crippen molar-refractivity contribution < 1.29 is 4.74 Å². The van der Waals surface area contributed by atoms with Crippen molar-refractivity contribution in [3.05, 3.63) is 0 Å². The maximum atomic E-state index is 5.62. The Kier molecular flexibility index (Phi) is 5.30. The van der Waals surface area contributed by atoms with Crippen molar-refractivity contribution in [1.82, 2.24) is 5.32 Å². The number of ether oxygens (including phenoxy) is 1. The van der Waals surface area contributed by atoms with Gasteiger partial charge in [-0.15, -0.1) is 0 Å². The van der Waals surface area contributed by atoms with Gasteiger partial charge in [-0.05, 0) is 62.3 Å². The minimum Gasteiger partial charge on any atom is -0.380 e. The molecule has 2 nitrogen and oxygen atoms in total. The molecule has 2 saturated carbocycles. The highest BCUT2D eigenvalue weighted by molar-refractivity contribution is 4.92. The van der Waals surface area contributed by atoms with Gasteiger partial charge in [0.05, 0.1) is 6.61 Å². The number of nitrogens with one attached hydrogen (secondary N) is 1. The lowest BCUT2D eigenvalue weighted by molar-refractivity contribution is 0.124. The van der Waals surface area contributed by atoms with Gasteiger partial charge in [0.15, 0.2) is 0 Å². The normalized spacial score (nSPS) is 20.5. The Hall–Kier alpha value is -0.0800. The Morgan fingerprint density at radius 2 is 1.71 bits per heavy atom. The largest absolute Gasteiger partial charge is 0.380 e. The lowest BCUT2D eigenvalue weighted by Crippen LogP contribution is -2.28. The molecule has 0 unspecified atom stereocenters. The molecule has 2 heteroatoms. The molecule has 0 aliphatic heterocycles. The number of rotatable bonds is 10. The molecular weight excluding hydrogens is 210 g/mol. The summed E-state index contributed by atoms with van der Waals surface area (Å²) < 4.78 is 5.62. The van der Waals surface area contributed by atoms with Crippen molar-refractivity contribution in [2.45, 2.75) is 46.0 Å². The molecule has 0 bridgehead atoms. The SMILES string of the molecule is CC(C)CCOCCNCC(C1CC1)C1CC1. The predicted molar refractivity (Wildman–Crippen MR) is 72.1 cm³/mol. The van der Waals surface area contributed by atoms with Gasteiger partial charge in [0, 0.05) is 13.2 Å². The number of hydrogen-bond donors (Lipinski definition) is 1. The zero-order chi connectivity index (χ0) is 12.1. The van der Waals surface area contributed by atoms with E-state index in [4.69, 9.17) is 4.74 Å². The van der Waals surface area contributed by atoms with Crippen LogP contribution in [0.3, 0.4) is 0 Å². The summed E-state index contributed by atoms with van der Waals surface area (Å²) in [7, 11) is 0. The van der Waals surface area contributed by atoms with Gasteiger partial charge in [-0.3, -0.25) is 0 Å². The van der Waals surface area contributed by atoms with E-state index in [1.54, 1.807) is 0 Å². The first-order valence-corrected chi connectivity index (χ1v) is 7.56. The van der Waals surface area contributed by atoms with Gasteiger partial charge < -0.3 is 10.1 Å². The molecule has 0 saturated heterocycles. The maximum Gasteiger partial charge on any atom is 0.0590 e. The molecular formula is C15H29NO. The van der Waals surface area contributed by atoms with Gasteiger partial charge in [0.1, 0.15) is 0 Å². The molecule has 2 fully saturated rings. The van der Waals surface area contributed by atoms with E-state index in [1.807, 2.05) is 0 Å². The fourth-order valence-electron chi connectivity index (χ4n) is 2.60. The number of hydrogen-bond acceptors (Lipinski definition) is 2. The molecule has 0 aromatic carbocycles. The molecule has 2 rings (SSSR count). The van der Waals surface area contributed by atoms with Crippen LogP contribution in [0.1, 0.15) is 46.0 Å². The van der Waals surface area contributed by atoms with Gasteiger partial charge in [-0.2, -0.15) is 0 Å². The Balaban J connectivity index is 1.42. The summed E-state index contributed by atoms with van der Waals surface area (Å²) in [6, 6.07) is 0. The third-order valence-corrected chi connectivity index (χ3v) is 4.10. The second kappa shape index (κ2) is 6.75. The van der Waals surface area contributed by atoms with Gasteiger partial charge in [0.2, 0.25) is 0 Å². The van der Waals surface area contributed by atoms with Crippen molar-refractivity contribution in [3.8, 4) is 0 Å². The van der Waals surface area contributed by atoms with E-state index in [-0.39, 0.29) is 0 Å². The minimum atomic E-state index is 0.761. The van der Waals surface area contributed by atoms with E-state index in [2.05, 4.69) is 19.2 Å². The van der Waals surface area contributed by atoms with E-state index >= 15 is 0 Å². The highest BCUT2D eigenvalue weighted by Crippen LogP contribution is 2.48. The molecule has 0 aromatic heterocycles. The van der Waals surface area contributed by atoms with Gasteiger partial charge >= 0.3 is 0 Å². The smallest absolute Gasteiger partial charge is 0.0590 e. The minimum absolute atomic E-state index is 0.761.